The summed E-state index contributed by atoms with van der Waals surface area (Å²) in [5, 5.41) is 1.87. The van der Waals surface area contributed by atoms with E-state index in [1.807, 2.05) is 17.5 Å². The molecule has 5 nitrogen and oxygen atoms in total. The Labute approximate surface area is 136 Å². The van der Waals surface area contributed by atoms with Crippen LogP contribution in [0.1, 0.15) is 49.4 Å². The molecule has 0 aromatic carbocycles. The monoisotopic (exact) mass is 345 g/mol. The first kappa shape index (κ1) is 17.4. The van der Waals surface area contributed by atoms with Gasteiger partial charge >= 0.3 is 5.97 Å². The zero-order valence-electron chi connectivity index (χ0n) is 12.8. The van der Waals surface area contributed by atoms with Gasteiger partial charge in [-0.1, -0.05) is 25.3 Å². The summed E-state index contributed by atoms with van der Waals surface area (Å²) >= 11 is 1.44. The number of ether oxygens (including phenoxy) is 1. The summed E-state index contributed by atoms with van der Waals surface area (Å²) in [7, 11) is -2.10. The van der Waals surface area contributed by atoms with E-state index in [-0.39, 0.29) is 18.1 Å². The maximum atomic E-state index is 12.4. The van der Waals surface area contributed by atoms with Gasteiger partial charge in [-0.25, -0.2) is 13.1 Å². The number of esters is 1. The Morgan fingerprint density at radius 1 is 1.41 bits per heavy atom. The Kier molecular flexibility index (Phi) is 6.40. The largest absolute Gasteiger partial charge is 0.469 e. The Bertz CT molecular complexity index is 562. The first-order chi connectivity index (χ1) is 10.5. The van der Waals surface area contributed by atoms with Crippen molar-refractivity contribution in [1.82, 2.24) is 4.72 Å². The van der Waals surface area contributed by atoms with Gasteiger partial charge in [-0.05, 0) is 30.2 Å². The zero-order chi connectivity index (χ0) is 16.0. The minimum Gasteiger partial charge on any atom is -0.469 e. The number of rotatable bonds is 7. The molecule has 0 saturated heterocycles. The molecule has 2 rings (SSSR count). The quantitative estimate of drug-likeness (QED) is 0.771. The minimum atomic E-state index is -3.41. The molecule has 1 aromatic heterocycles. The lowest BCUT2D eigenvalue weighted by molar-refractivity contribution is -0.141. The number of nitrogens with one attached hydrogen (secondary N) is 1. The van der Waals surface area contributed by atoms with Crippen LogP contribution in [0.2, 0.25) is 0 Å². The van der Waals surface area contributed by atoms with Gasteiger partial charge in [0.1, 0.15) is 0 Å². The molecule has 1 fully saturated rings. The van der Waals surface area contributed by atoms with Gasteiger partial charge in [-0.2, -0.15) is 0 Å². The number of carbonyl (C=O) groups excluding carboxylic acids is 1. The van der Waals surface area contributed by atoms with Gasteiger partial charge in [0.15, 0.2) is 0 Å². The number of thiophene rings is 1. The highest BCUT2D eigenvalue weighted by Gasteiger charge is 2.26. The first-order valence-electron chi connectivity index (χ1n) is 7.60. The lowest BCUT2D eigenvalue weighted by Gasteiger charge is -2.23. The van der Waals surface area contributed by atoms with E-state index in [0.29, 0.717) is 0 Å². The van der Waals surface area contributed by atoms with Crippen LogP contribution in [0.3, 0.4) is 0 Å². The molecule has 0 unspecified atom stereocenters. The molecule has 7 heteroatoms. The minimum absolute atomic E-state index is 0.0148. The van der Waals surface area contributed by atoms with Gasteiger partial charge in [-0.15, -0.1) is 11.3 Å². The SMILES string of the molecule is COC(=O)C[C@@H](NS(=O)(=O)CC1CCCCC1)c1cccs1. The van der Waals surface area contributed by atoms with Crippen molar-refractivity contribution in [2.45, 2.75) is 44.6 Å². The van der Waals surface area contributed by atoms with Crippen molar-refractivity contribution in [3.63, 3.8) is 0 Å². The van der Waals surface area contributed by atoms with E-state index in [1.165, 1.54) is 24.9 Å². The average molecular weight is 345 g/mol. The van der Waals surface area contributed by atoms with Crippen LogP contribution in [0.5, 0.6) is 0 Å². The summed E-state index contributed by atoms with van der Waals surface area (Å²) in [6.07, 6.45) is 5.38. The fourth-order valence-corrected chi connectivity index (χ4v) is 5.42. The second-order valence-corrected chi connectivity index (χ2v) is 8.53. The summed E-state index contributed by atoms with van der Waals surface area (Å²) in [5.41, 5.74) is 0. The number of carbonyl (C=O) groups is 1. The van der Waals surface area contributed by atoms with Gasteiger partial charge in [-0.3, -0.25) is 4.79 Å². The summed E-state index contributed by atoms with van der Waals surface area (Å²) in [6, 6.07) is 3.14. The summed E-state index contributed by atoms with van der Waals surface area (Å²) < 4.78 is 32.2. The fraction of sp³-hybridized carbons (Fsp3) is 0.667. The molecule has 0 radical (unpaired) electrons. The van der Waals surface area contributed by atoms with Crippen molar-refractivity contribution in [3.05, 3.63) is 22.4 Å². The average Bonchev–Trinajstić information content (AvgIpc) is 3.01. The topological polar surface area (TPSA) is 72.5 Å². The highest BCUT2D eigenvalue weighted by Crippen LogP contribution is 2.27. The zero-order valence-corrected chi connectivity index (χ0v) is 14.4. The Balaban J connectivity index is 2.03. The van der Waals surface area contributed by atoms with Crippen LogP contribution in [0, 0.1) is 5.92 Å². The molecule has 1 atom stereocenters. The number of methoxy groups -OCH3 is 1. The molecule has 22 heavy (non-hydrogen) atoms. The van der Waals surface area contributed by atoms with Crippen molar-refractivity contribution < 1.29 is 17.9 Å². The van der Waals surface area contributed by atoms with Crippen LogP contribution in [0.15, 0.2) is 17.5 Å². The normalized spacial score (nSPS) is 18.0. The maximum absolute atomic E-state index is 12.4. The Hall–Kier alpha value is -0.920. The molecule has 0 aliphatic heterocycles. The molecule has 0 amide bonds. The highest BCUT2D eigenvalue weighted by molar-refractivity contribution is 7.89. The van der Waals surface area contributed by atoms with Crippen molar-refractivity contribution in [2.24, 2.45) is 5.92 Å². The second-order valence-electron chi connectivity index (χ2n) is 5.75. The van der Waals surface area contributed by atoms with Crippen LogP contribution < -0.4 is 4.72 Å². The molecule has 1 aliphatic carbocycles. The van der Waals surface area contributed by atoms with Crippen molar-refractivity contribution in [1.29, 1.82) is 0 Å². The van der Waals surface area contributed by atoms with Crippen LogP contribution in [0.25, 0.3) is 0 Å². The van der Waals surface area contributed by atoms with Crippen molar-refractivity contribution in [3.8, 4) is 0 Å². The molecular formula is C15H23NO4S2. The van der Waals surface area contributed by atoms with E-state index in [0.717, 1.165) is 30.6 Å². The Morgan fingerprint density at radius 3 is 2.73 bits per heavy atom. The number of hydrogen-bond acceptors (Lipinski definition) is 5. The van der Waals surface area contributed by atoms with Crippen molar-refractivity contribution >= 4 is 27.3 Å². The van der Waals surface area contributed by atoms with Gasteiger partial charge in [0.25, 0.3) is 0 Å². The maximum Gasteiger partial charge on any atom is 0.307 e. The molecule has 1 saturated carbocycles. The van der Waals surface area contributed by atoms with Crippen LogP contribution >= 0.6 is 11.3 Å². The first-order valence-corrected chi connectivity index (χ1v) is 10.1. The predicted molar refractivity (Wildman–Crippen MR) is 87.2 cm³/mol. The van der Waals surface area contributed by atoms with E-state index in [2.05, 4.69) is 9.46 Å². The van der Waals surface area contributed by atoms with E-state index in [9.17, 15) is 13.2 Å². The van der Waals surface area contributed by atoms with Gasteiger partial charge in [0.05, 0.1) is 25.3 Å². The molecule has 1 aromatic rings. The van der Waals surface area contributed by atoms with E-state index in [1.54, 1.807) is 0 Å². The van der Waals surface area contributed by atoms with Crippen molar-refractivity contribution in [2.75, 3.05) is 12.9 Å². The molecule has 0 spiro atoms. The molecule has 1 heterocycles. The van der Waals surface area contributed by atoms with Crippen LogP contribution in [0.4, 0.5) is 0 Å². The molecule has 0 bridgehead atoms. The lowest BCUT2D eigenvalue weighted by Crippen LogP contribution is -2.34. The summed E-state index contributed by atoms with van der Waals surface area (Å²) in [4.78, 5) is 12.4. The summed E-state index contributed by atoms with van der Waals surface area (Å²) in [6.45, 7) is 0. The van der Waals surface area contributed by atoms with Crippen LogP contribution in [-0.4, -0.2) is 27.2 Å². The lowest BCUT2D eigenvalue weighted by atomic mass is 9.91. The summed E-state index contributed by atoms with van der Waals surface area (Å²) in [5.74, 6) is -0.0390. The molecular weight excluding hydrogens is 322 g/mol. The van der Waals surface area contributed by atoms with Gasteiger partial charge in [0.2, 0.25) is 10.0 Å². The smallest absolute Gasteiger partial charge is 0.307 e. The van der Waals surface area contributed by atoms with Gasteiger partial charge in [0, 0.05) is 4.88 Å². The number of hydrogen-bond donors (Lipinski definition) is 1. The third kappa shape index (κ3) is 5.37. The second kappa shape index (κ2) is 8.08. The third-order valence-electron chi connectivity index (χ3n) is 3.99. The molecule has 1 aliphatic rings. The third-order valence-corrected chi connectivity index (χ3v) is 6.53. The fourth-order valence-electron chi connectivity index (χ4n) is 2.87. The highest BCUT2D eigenvalue weighted by atomic mass is 32.2. The Morgan fingerprint density at radius 2 is 2.14 bits per heavy atom. The van der Waals surface area contributed by atoms with E-state index >= 15 is 0 Å². The van der Waals surface area contributed by atoms with Gasteiger partial charge < -0.3 is 4.74 Å². The van der Waals surface area contributed by atoms with E-state index in [4.69, 9.17) is 0 Å². The van der Waals surface area contributed by atoms with Crippen LogP contribution in [-0.2, 0) is 19.6 Å². The number of sulfonamides is 1. The molecule has 124 valence electrons. The molecule has 1 N–H and O–H groups in total. The standard InChI is InChI=1S/C15H23NO4S2/c1-20-15(17)10-13(14-8-5-9-21-14)16-22(18,19)11-12-6-3-2-4-7-12/h5,8-9,12-13,16H,2-4,6-7,10-11H2,1H3/t13-/m1/s1. The van der Waals surface area contributed by atoms with E-state index < -0.39 is 22.0 Å². The predicted octanol–water partition coefficient (Wildman–Crippen LogP) is 2.85.